The van der Waals surface area contributed by atoms with Crippen molar-refractivity contribution in [2.45, 2.75) is 9.79 Å². The zero-order chi connectivity index (χ0) is 15.0. The Morgan fingerprint density at radius 2 is 1.71 bits per heavy atom. The van der Waals surface area contributed by atoms with Crippen LogP contribution in [0.25, 0.3) is 10.9 Å². The molecule has 0 fully saturated rings. The van der Waals surface area contributed by atoms with E-state index >= 15 is 0 Å². The fraction of sp³-hybridized carbons (Fsp3) is 0. The van der Waals surface area contributed by atoms with E-state index in [4.69, 9.17) is 11.6 Å². The van der Waals surface area contributed by atoms with E-state index in [-0.39, 0.29) is 25.8 Å². The molecular formula is C15H9ClFNO2S. The summed E-state index contributed by atoms with van der Waals surface area (Å²) < 4.78 is 39.5. The molecule has 106 valence electrons. The van der Waals surface area contributed by atoms with Crippen LogP contribution in [0.4, 0.5) is 4.39 Å². The molecule has 0 aliphatic rings. The summed E-state index contributed by atoms with van der Waals surface area (Å²) in [7, 11) is -3.88. The molecule has 1 heterocycles. The summed E-state index contributed by atoms with van der Waals surface area (Å²) in [6, 6.07) is 13.2. The number of hydrogen-bond acceptors (Lipinski definition) is 3. The van der Waals surface area contributed by atoms with Crippen LogP contribution in [0.2, 0.25) is 5.15 Å². The van der Waals surface area contributed by atoms with E-state index in [1.807, 2.05) is 0 Å². The van der Waals surface area contributed by atoms with E-state index < -0.39 is 15.7 Å². The van der Waals surface area contributed by atoms with Crippen LogP contribution in [0.1, 0.15) is 0 Å². The smallest absolute Gasteiger partial charge is 0.207 e. The van der Waals surface area contributed by atoms with Gasteiger partial charge in [-0.1, -0.05) is 35.9 Å². The van der Waals surface area contributed by atoms with Crippen molar-refractivity contribution in [3.8, 4) is 0 Å². The van der Waals surface area contributed by atoms with Crippen molar-refractivity contribution >= 4 is 32.3 Å². The number of sulfone groups is 1. The Labute approximate surface area is 125 Å². The summed E-state index contributed by atoms with van der Waals surface area (Å²) in [4.78, 5) is 3.87. The van der Waals surface area contributed by atoms with Gasteiger partial charge in [0.05, 0.1) is 20.7 Å². The lowest BCUT2D eigenvalue weighted by Crippen LogP contribution is -2.04. The molecule has 0 radical (unpaired) electrons. The predicted molar refractivity (Wildman–Crippen MR) is 78.6 cm³/mol. The van der Waals surface area contributed by atoms with Crippen molar-refractivity contribution in [2.24, 2.45) is 0 Å². The predicted octanol–water partition coefficient (Wildman–Crippen LogP) is 3.86. The van der Waals surface area contributed by atoms with Gasteiger partial charge >= 0.3 is 0 Å². The number of nitrogens with zero attached hydrogens (tertiary/aromatic N) is 1. The third-order valence-electron chi connectivity index (χ3n) is 3.06. The van der Waals surface area contributed by atoms with Crippen molar-refractivity contribution in [3.05, 3.63) is 65.6 Å². The van der Waals surface area contributed by atoms with Crippen LogP contribution in [0, 0.1) is 5.82 Å². The largest absolute Gasteiger partial charge is 0.236 e. The van der Waals surface area contributed by atoms with Crippen molar-refractivity contribution in [1.82, 2.24) is 4.98 Å². The molecule has 0 aliphatic carbocycles. The van der Waals surface area contributed by atoms with Crippen LogP contribution in [-0.4, -0.2) is 13.4 Å². The molecule has 2 aromatic carbocycles. The van der Waals surface area contributed by atoms with Gasteiger partial charge in [-0.05, 0) is 30.3 Å². The van der Waals surface area contributed by atoms with E-state index in [0.717, 1.165) is 0 Å². The molecule has 0 bridgehead atoms. The van der Waals surface area contributed by atoms with E-state index in [0.29, 0.717) is 0 Å². The Morgan fingerprint density at radius 1 is 1.00 bits per heavy atom. The molecule has 0 atom stereocenters. The van der Waals surface area contributed by atoms with Gasteiger partial charge in [0.2, 0.25) is 9.84 Å². The van der Waals surface area contributed by atoms with Crippen LogP contribution in [0.3, 0.4) is 0 Å². The van der Waals surface area contributed by atoms with E-state index in [1.165, 1.54) is 36.4 Å². The minimum atomic E-state index is -3.88. The third kappa shape index (κ3) is 2.39. The summed E-state index contributed by atoms with van der Waals surface area (Å²) in [6.07, 6.45) is 0. The maximum Gasteiger partial charge on any atom is 0.207 e. The van der Waals surface area contributed by atoms with Crippen LogP contribution >= 0.6 is 11.6 Å². The second-order valence-electron chi connectivity index (χ2n) is 4.39. The molecule has 6 heteroatoms. The summed E-state index contributed by atoms with van der Waals surface area (Å²) in [5.41, 5.74) is 0.206. The first-order chi connectivity index (χ1) is 10.00. The molecular weight excluding hydrogens is 313 g/mol. The van der Waals surface area contributed by atoms with Crippen molar-refractivity contribution < 1.29 is 12.8 Å². The number of pyridine rings is 1. The zero-order valence-corrected chi connectivity index (χ0v) is 12.2. The average molecular weight is 322 g/mol. The number of aromatic nitrogens is 1. The van der Waals surface area contributed by atoms with Gasteiger partial charge in [0, 0.05) is 0 Å². The molecule has 3 nitrogen and oxygen atoms in total. The number of benzene rings is 2. The second kappa shape index (κ2) is 5.09. The van der Waals surface area contributed by atoms with Crippen LogP contribution < -0.4 is 0 Å². The molecule has 0 spiro atoms. The van der Waals surface area contributed by atoms with Gasteiger partial charge < -0.3 is 0 Å². The molecule has 1 aromatic heterocycles. The fourth-order valence-corrected chi connectivity index (χ4v) is 3.89. The highest BCUT2D eigenvalue weighted by molar-refractivity contribution is 7.91. The number of rotatable bonds is 2. The summed E-state index contributed by atoms with van der Waals surface area (Å²) in [5.74, 6) is -0.647. The lowest BCUT2D eigenvalue weighted by Gasteiger charge is -2.09. The quantitative estimate of drug-likeness (QED) is 0.673. The summed E-state index contributed by atoms with van der Waals surface area (Å²) in [5, 5.41) is -0.0478. The molecule has 0 N–H and O–H groups in total. The van der Waals surface area contributed by atoms with Crippen molar-refractivity contribution in [3.63, 3.8) is 0 Å². The Bertz CT molecular complexity index is 927. The van der Waals surface area contributed by atoms with Gasteiger partial charge in [-0.2, -0.15) is 0 Å². The molecule has 0 saturated heterocycles. The first kappa shape index (κ1) is 14.0. The zero-order valence-electron chi connectivity index (χ0n) is 10.6. The molecule has 0 unspecified atom stereocenters. The van der Waals surface area contributed by atoms with Gasteiger partial charge in [0.25, 0.3) is 0 Å². The first-order valence-electron chi connectivity index (χ1n) is 6.05. The van der Waals surface area contributed by atoms with Gasteiger partial charge in [0.1, 0.15) is 11.0 Å². The second-order valence-corrected chi connectivity index (χ2v) is 6.70. The molecule has 21 heavy (non-hydrogen) atoms. The normalized spacial score (nSPS) is 11.7. The highest BCUT2D eigenvalue weighted by Gasteiger charge is 2.23. The van der Waals surface area contributed by atoms with E-state index in [2.05, 4.69) is 4.98 Å². The van der Waals surface area contributed by atoms with Crippen LogP contribution in [0.15, 0.2) is 64.4 Å². The standard InChI is InChI=1S/C15H9ClFNO2S/c16-14-9-13(15-11(17)7-4-8-12(15)18-14)21(19,20)10-5-2-1-3-6-10/h1-9H. The topological polar surface area (TPSA) is 47.0 Å². The SMILES string of the molecule is O=S(=O)(c1ccccc1)c1cc(Cl)nc2cccc(F)c12. The minimum Gasteiger partial charge on any atom is -0.236 e. The van der Waals surface area contributed by atoms with Gasteiger partial charge in [0.15, 0.2) is 0 Å². The highest BCUT2D eigenvalue weighted by atomic mass is 35.5. The van der Waals surface area contributed by atoms with Crippen molar-refractivity contribution in [1.29, 1.82) is 0 Å². The van der Waals surface area contributed by atoms with E-state index in [9.17, 15) is 12.8 Å². The Balaban J connectivity index is 2.40. The monoisotopic (exact) mass is 321 g/mol. The molecule has 3 aromatic rings. The maximum atomic E-state index is 14.1. The minimum absolute atomic E-state index is 0.00241. The first-order valence-corrected chi connectivity index (χ1v) is 7.91. The average Bonchev–Trinajstić information content (AvgIpc) is 2.47. The number of hydrogen-bond donors (Lipinski definition) is 0. The van der Waals surface area contributed by atoms with E-state index in [1.54, 1.807) is 18.2 Å². The molecule has 0 amide bonds. The lowest BCUT2D eigenvalue weighted by molar-refractivity contribution is 0.595. The fourth-order valence-electron chi connectivity index (χ4n) is 2.12. The van der Waals surface area contributed by atoms with Crippen LogP contribution in [0.5, 0.6) is 0 Å². The van der Waals surface area contributed by atoms with Gasteiger partial charge in [-0.3, -0.25) is 0 Å². The summed E-state index contributed by atoms with van der Waals surface area (Å²) in [6.45, 7) is 0. The molecule has 3 rings (SSSR count). The van der Waals surface area contributed by atoms with Gasteiger partial charge in [-0.25, -0.2) is 17.8 Å². The molecule has 0 aliphatic heterocycles. The Morgan fingerprint density at radius 3 is 2.43 bits per heavy atom. The lowest BCUT2D eigenvalue weighted by atomic mass is 10.2. The molecule has 0 saturated carbocycles. The summed E-state index contributed by atoms with van der Waals surface area (Å²) >= 11 is 5.87. The van der Waals surface area contributed by atoms with Crippen molar-refractivity contribution in [2.75, 3.05) is 0 Å². The third-order valence-corrected chi connectivity index (χ3v) is 5.05. The Kier molecular flexibility index (Phi) is 3.39. The number of fused-ring (bicyclic) bond motifs is 1. The van der Waals surface area contributed by atoms with Crippen LogP contribution in [-0.2, 0) is 9.84 Å². The Hall–Kier alpha value is -1.98. The highest BCUT2D eigenvalue weighted by Crippen LogP contribution is 2.31. The van der Waals surface area contributed by atoms with Gasteiger partial charge in [-0.15, -0.1) is 0 Å². The number of halogens is 2. The maximum absolute atomic E-state index is 14.1.